The molecule has 4 rings (SSSR count). The number of hydrogen-bond acceptors (Lipinski definition) is 7. The highest BCUT2D eigenvalue weighted by atomic mass is 35.5. The molecule has 1 aromatic carbocycles. The van der Waals surface area contributed by atoms with Gasteiger partial charge in [0.1, 0.15) is 10.0 Å². The van der Waals surface area contributed by atoms with Crippen molar-refractivity contribution in [2.45, 2.75) is 10.6 Å². The summed E-state index contributed by atoms with van der Waals surface area (Å²) in [6.07, 6.45) is 1.12. The molecule has 13 heteroatoms. The van der Waals surface area contributed by atoms with Crippen molar-refractivity contribution in [2.75, 3.05) is 10.2 Å². The van der Waals surface area contributed by atoms with Gasteiger partial charge < -0.3 is 5.32 Å². The fourth-order valence-corrected chi connectivity index (χ4v) is 5.09. The number of urea groups is 1. The van der Waals surface area contributed by atoms with Gasteiger partial charge in [-0.2, -0.15) is 4.39 Å². The van der Waals surface area contributed by atoms with E-state index in [0.29, 0.717) is 27.5 Å². The zero-order valence-electron chi connectivity index (χ0n) is 15.8. The number of hydrogen-bond donors (Lipinski definition) is 2. The van der Waals surface area contributed by atoms with Crippen molar-refractivity contribution in [3.8, 4) is 0 Å². The lowest BCUT2D eigenvalue weighted by Gasteiger charge is -2.26. The normalized spacial score (nSPS) is 13.6. The Morgan fingerprint density at radius 2 is 1.94 bits per heavy atom. The van der Waals surface area contributed by atoms with Crippen molar-refractivity contribution in [1.29, 1.82) is 0 Å². The number of carbonyl (C=O) groups is 3. The molecule has 2 N–H and O–H groups in total. The third-order valence-corrected chi connectivity index (χ3v) is 7.30. The Balaban J connectivity index is 1.47. The van der Waals surface area contributed by atoms with Gasteiger partial charge in [0.15, 0.2) is 5.13 Å². The average molecular weight is 495 g/mol. The summed E-state index contributed by atoms with van der Waals surface area (Å²) in [6.45, 7) is 0. The SMILES string of the molecule is O=C(Nc1ccc(N2C(=O)Cc3cc(Cl)ccc3C2=O)nc1)NS(=O)(=O)c1ccc(F)s1. The minimum atomic E-state index is -4.24. The number of sulfonamides is 1. The Labute approximate surface area is 189 Å². The first-order valence-corrected chi connectivity index (χ1v) is 11.5. The molecular weight excluding hydrogens is 483 g/mol. The van der Waals surface area contributed by atoms with Crippen LogP contribution in [0.1, 0.15) is 15.9 Å². The van der Waals surface area contributed by atoms with Gasteiger partial charge in [0.25, 0.3) is 15.9 Å². The molecule has 3 aromatic rings. The minimum absolute atomic E-state index is 0.0348. The zero-order chi connectivity index (χ0) is 23.0. The van der Waals surface area contributed by atoms with Gasteiger partial charge in [-0.3, -0.25) is 9.59 Å². The van der Waals surface area contributed by atoms with E-state index in [4.69, 9.17) is 11.6 Å². The molecule has 0 bridgehead atoms. The maximum Gasteiger partial charge on any atom is 0.333 e. The zero-order valence-corrected chi connectivity index (χ0v) is 18.2. The maximum atomic E-state index is 13.0. The smallest absolute Gasteiger partial charge is 0.306 e. The Bertz CT molecular complexity index is 1360. The summed E-state index contributed by atoms with van der Waals surface area (Å²) in [5.41, 5.74) is 0.945. The number of carbonyl (C=O) groups excluding carboxylic acids is 3. The summed E-state index contributed by atoms with van der Waals surface area (Å²) < 4.78 is 38.6. The molecule has 0 spiro atoms. The Morgan fingerprint density at radius 1 is 1.16 bits per heavy atom. The van der Waals surface area contributed by atoms with Crippen LogP contribution in [0.15, 0.2) is 52.9 Å². The summed E-state index contributed by atoms with van der Waals surface area (Å²) in [7, 11) is -4.24. The fourth-order valence-electron chi connectivity index (χ4n) is 2.99. The fraction of sp³-hybridized carbons (Fsp3) is 0.0526. The first-order chi connectivity index (χ1) is 15.1. The van der Waals surface area contributed by atoms with Crippen LogP contribution in [-0.4, -0.2) is 31.2 Å². The monoisotopic (exact) mass is 494 g/mol. The third-order valence-electron chi connectivity index (χ3n) is 4.37. The minimum Gasteiger partial charge on any atom is -0.306 e. The topological polar surface area (TPSA) is 126 Å². The number of nitrogens with one attached hydrogen (secondary N) is 2. The predicted molar refractivity (Wildman–Crippen MR) is 115 cm³/mol. The average Bonchev–Trinajstić information content (AvgIpc) is 3.16. The number of pyridine rings is 1. The van der Waals surface area contributed by atoms with Crippen LogP contribution in [-0.2, 0) is 21.2 Å². The van der Waals surface area contributed by atoms with Crippen LogP contribution in [0.5, 0.6) is 0 Å². The van der Waals surface area contributed by atoms with Crippen LogP contribution in [0.3, 0.4) is 0 Å². The van der Waals surface area contributed by atoms with E-state index in [1.807, 2.05) is 0 Å². The summed E-state index contributed by atoms with van der Waals surface area (Å²) in [6, 6.07) is 8.21. The molecule has 0 unspecified atom stereocenters. The molecule has 0 saturated carbocycles. The lowest BCUT2D eigenvalue weighted by atomic mass is 9.98. The predicted octanol–water partition coefficient (Wildman–Crippen LogP) is 3.18. The number of thiophene rings is 1. The molecule has 1 aliphatic rings. The van der Waals surface area contributed by atoms with Gasteiger partial charge in [-0.25, -0.2) is 27.8 Å². The van der Waals surface area contributed by atoms with E-state index in [0.717, 1.165) is 23.2 Å². The van der Waals surface area contributed by atoms with Crippen LogP contribution in [0, 0.1) is 5.13 Å². The molecule has 3 heterocycles. The van der Waals surface area contributed by atoms with Crippen molar-refractivity contribution >= 4 is 62.3 Å². The van der Waals surface area contributed by atoms with Gasteiger partial charge in [0, 0.05) is 10.6 Å². The van der Waals surface area contributed by atoms with Crippen molar-refractivity contribution in [3.63, 3.8) is 0 Å². The van der Waals surface area contributed by atoms with Crippen molar-refractivity contribution in [2.24, 2.45) is 0 Å². The highest BCUT2D eigenvalue weighted by molar-refractivity contribution is 7.92. The van der Waals surface area contributed by atoms with Crippen LogP contribution < -0.4 is 14.9 Å². The number of rotatable bonds is 4. The standard InChI is InChI=1S/C19H12ClFN4O5S2/c20-11-1-3-13-10(7-11)8-16(26)25(18(13)27)15-5-2-12(9-22-15)23-19(28)24-32(29,30)17-6-4-14(21)31-17/h1-7,9H,8H2,(H2,23,24,28). The molecule has 9 nitrogen and oxygen atoms in total. The summed E-state index contributed by atoms with van der Waals surface area (Å²) >= 11 is 6.29. The number of anilines is 2. The number of aromatic nitrogens is 1. The molecule has 32 heavy (non-hydrogen) atoms. The molecule has 0 atom stereocenters. The number of fused-ring (bicyclic) bond motifs is 1. The number of imide groups is 1. The van der Waals surface area contributed by atoms with Crippen LogP contribution >= 0.6 is 22.9 Å². The molecule has 0 aliphatic carbocycles. The Kier molecular flexibility index (Phi) is 5.67. The number of amides is 4. The summed E-state index contributed by atoms with van der Waals surface area (Å²) in [4.78, 5) is 42.2. The van der Waals surface area contributed by atoms with Crippen LogP contribution in [0.25, 0.3) is 0 Å². The third kappa shape index (κ3) is 4.33. The Morgan fingerprint density at radius 3 is 2.59 bits per heavy atom. The van der Waals surface area contributed by atoms with E-state index in [2.05, 4.69) is 10.3 Å². The quantitative estimate of drug-likeness (QED) is 0.536. The number of benzene rings is 1. The lowest BCUT2D eigenvalue weighted by Crippen LogP contribution is -2.43. The van der Waals surface area contributed by atoms with E-state index in [9.17, 15) is 27.2 Å². The number of halogens is 2. The van der Waals surface area contributed by atoms with Gasteiger partial charge in [-0.15, -0.1) is 0 Å². The van der Waals surface area contributed by atoms with Crippen LogP contribution in [0.2, 0.25) is 5.02 Å². The summed E-state index contributed by atoms with van der Waals surface area (Å²) in [5, 5.41) is 1.97. The van der Waals surface area contributed by atoms with Gasteiger partial charge in [-0.1, -0.05) is 22.9 Å². The van der Waals surface area contributed by atoms with Gasteiger partial charge >= 0.3 is 6.03 Å². The van der Waals surface area contributed by atoms with E-state index in [-0.39, 0.29) is 22.1 Å². The molecular formula is C19H12ClFN4O5S2. The molecule has 1 aliphatic heterocycles. The second-order valence-corrected chi connectivity index (χ2v) is 9.92. The first kappa shape index (κ1) is 21.9. The largest absolute Gasteiger partial charge is 0.333 e. The molecule has 0 radical (unpaired) electrons. The van der Waals surface area contributed by atoms with E-state index in [1.165, 1.54) is 18.2 Å². The molecule has 4 amide bonds. The van der Waals surface area contributed by atoms with Gasteiger partial charge in [-0.05, 0) is 48.0 Å². The highest BCUT2D eigenvalue weighted by Gasteiger charge is 2.33. The molecule has 0 saturated heterocycles. The molecule has 0 fully saturated rings. The van der Waals surface area contributed by atoms with E-state index in [1.54, 1.807) is 16.9 Å². The lowest BCUT2D eigenvalue weighted by molar-refractivity contribution is -0.117. The number of nitrogens with zero attached hydrogens (tertiary/aromatic N) is 2. The van der Waals surface area contributed by atoms with Gasteiger partial charge in [0.2, 0.25) is 5.91 Å². The summed E-state index contributed by atoms with van der Waals surface area (Å²) in [5.74, 6) is -1.02. The van der Waals surface area contributed by atoms with E-state index >= 15 is 0 Å². The van der Waals surface area contributed by atoms with Crippen molar-refractivity contribution in [3.05, 3.63) is 69.9 Å². The second kappa shape index (κ2) is 8.30. The van der Waals surface area contributed by atoms with Crippen molar-refractivity contribution < 1.29 is 27.2 Å². The van der Waals surface area contributed by atoms with Gasteiger partial charge in [0.05, 0.1) is 18.3 Å². The second-order valence-electron chi connectivity index (χ2n) is 6.54. The molecule has 2 aromatic heterocycles. The first-order valence-electron chi connectivity index (χ1n) is 8.85. The van der Waals surface area contributed by atoms with Crippen molar-refractivity contribution in [1.82, 2.24) is 9.71 Å². The highest BCUT2D eigenvalue weighted by Crippen LogP contribution is 2.27. The van der Waals surface area contributed by atoms with E-state index < -0.39 is 33.0 Å². The van der Waals surface area contributed by atoms with Crippen LogP contribution in [0.4, 0.5) is 20.7 Å². The molecule has 164 valence electrons. The Hall–Kier alpha value is -3.35. The maximum absolute atomic E-state index is 13.0.